The van der Waals surface area contributed by atoms with Gasteiger partial charge in [0.25, 0.3) is 5.91 Å². The maximum Gasteiger partial charge on any atom is 0.274 e. The number of aromatic nitrogens is 3. The van der Waals surface area contributed by atoms with Gasteiger partial charge in [-0.25, -0.2) is 4.98 Å². The highest BCUT2D eigenvalue weighted by atomic mass is 16.2. The number of hydrogen-bond acceptors (Lipinski definition) is 4. The fraction of sp³-hybridized carbons (Fsp3) is 0.125. The summed E-state index contributed by atoms with van der Waals surface area (Å²) in [6.07, 6.45) is 3.30. The summed E-state index contributed by atoms with van der Waals surface area (Å²) in [7, 11) is 0. The Labute approximate surface area is 121 Å². The summed E-state index contributed by atoms with van der Waals surface area (Å²) in [5, 5.41) is 0. The number of benzene rings is 1. The third-order valence-corrected chi connectivity index (χ3v) is 3.64. The van der Waals surface area contributed by atoms with Crippen molar-refractivity contribution < 1.29 is 4.79 Å². The van der Waals surface area contributed by atoms with Crippen LogP contribution < -0.4 is 0 Å². The van der Waals surface area contributed by atoms with Crippen molar-refractivity contribution in [3.05, 3.63) is 65.7 Å². The Balaban J connectivity index is 1.65. The maximum absolute atomic E-state index is 12.6. The van der Waals surface area contributed by atoms with E-state index >= 15 is 0 Å². The zero-order valence-electron chi connectivity index (χ0n) is 11.2. The second kappa shape index (κ2) is 4.63. The van der Waals surface area contributed by atoms with Crippen LogP contribution in [0.15, 0.2) is 48.8 Å². The average Bonchev–Trinajstić information content (AvgIpc) is 2.97. The average molecular weight is 276 g/mol. The Morgan fingerprint density at radius 3 is 2.71 bits per heavy atom. The quantitative estimate of drug-likeness (QED) is 0.683. The molecule has 4 rings (SSSR count). The molecule has 0 radical (unpaired) electrons. The van der Waals surface area contributed by atoms with E-state index in [4.69, 9.17) is 0 Å². The number of hydrogen-bond donors (Lipinski definition) is 0. The second-order valence-electron chi connectivity index (χ2n) is 5.01. The van der Waals surface area contributed by atoms with E-state index in [0.717, 1.165) is 22.3 Å². The van der Waals surface area contributed by atoms with E-state index in [9.17, 15) is 4.79 Å². The summed E-state index contributed by atoms with van der Waals surface area (Å²) in [4.78, 5) is 27.3. The Hall–Kier alpha value is -2.82. The summed E-state index contributed by atoms with van der Waals surface area (Å²) in [5.74, 6) is -0.105. The molecule has 3 heterocycles. The number of nitrogens with zero attached hydrogens (tertiary/aromatic N) is 4. The molecular weight excluding hydrogens is 264 g/mol. The summed E-state index contributed by atoms with van der Waals surface area (Å²) in [6.45, 7) is 1.11. The number of rotatable bonds is 1. The Morgan fingerprint density at radius 2 is 1.86 bits per heavy atom. The zero-order chi connectivity index (χ0) is 14.2. The first-order valence-corrected chi connectivity index (χ1v) is 6.75. The lowest BCUT2D eigenvalue weighted by Crippen LogP contribution is -2.26. The van der Waals surface area contributed by atoms with Crippen molar-refractivity contribution in [1.29, 1.82) is 0 Å². The predicted octanol–water partition coefficient (Wildman–Crippen LogP) is 2.18. The lowest BCUT2D eigenvalue weighted by molar-refractivity contribution is 0.0744. The monoisotopic (exact) mass is 276 g/mol. The minimum absolute atomic E-state index is 0.105. The van der Waals surface area contributed by atoms with Gasteiger partial charge in [-0.05, 0) is 23.8 Å². The van der Waals surface area contributed by atoms with Crippen LogP contribution in [0.3, 0.4) is 0 Å². The molecule has 1 amide bonds. The third kappa shape index (κ3) is 2.03. The third-order valence-electron chi connectivity index (χ3n) is 3.64. The molecule has 0 saturated carbocycles. The van der Waals surface area contributed by atoms with Crippen LogP contribution in [0.2, 0.25) is 0 Å². The molecule has 102 valence electrons. The largest absolute Gasteiger partial charge is 0.327 e. The van der Waals surface area contributed by atoms with Crippen LogP contribution in [0.1, 0.15) is 21.7 Å². The summed E-state index contributed by atoms with van der Waals surface area (Å²) in [6, 6.07) is 11.4. The van der Waals surface area contributed by atoms with E-state index in [1.807, 2.05) is 36.4 Å². The molecule has 0 N–H and O–H groups in total. The van der Waals surface area contributed by atoms with Gasteiger partial charge in [-0.2, -0.15) is 0 Å². The number of fused-ring (bicyclic) bond motifs is 2. The van der Waals surface area contributed by atoms with Crippen molar-refractivity contribution in [2.45, 2.75) is 13.1 Å². The van der Waals surface area contributed by atoms with Gasteiger partial charge in [0.2, 0.25) is 0 Å². The second-order valence-corrected chi connectivity index (χ2v) is 5.01. The molecule has 5 heteroatoms. The SMILES string of the molecule is O=C(c1cnc2ccccc2n1)N1Cc2cccnc2C1. The lowest BCUT2D eigenvalue weighted by atomic mass is 10.2. The van der Waals surface area contributed by atoms with Gasteiger partial charge in [-0.3, -0.25) is 14.8 Å². The lowest BCUT2D eigenvalue weighted by Gasteiger charge is -2.14. The number of carbonyl (C=O) groups excluding carboxylic acids is 1. The van der Waals surface area contributed by atoms with Gasteiger partial charge in [0, 0.05) is 12.7 Å². The van der Waals surface area contributed by atoms with Crippen LogP contribution in [0.5, 0.6) is 0 Å². The van der Waals surface area contributed by atoms with Crippen LogP contribution >= 0.6 is 0 Å². The molecule has 3 aromatic rings. The normalized spacial score (nSPS) is 13.4. The van der Waals surface area contributed by atoms with Crippen LogP contribution in [0, 0.1) is 0 Å². The first-order chi connectivity index (χ1) is 10.3. The molecule has 1 aliphatic rings. The minimum Gasteiger partial charge on any atom is -0.327 e. The molecule has 1 aliphatic heterocycles. The highest BCUT2D eigenvalue weighted by Crippen LogP contribution is 2.22. The maximum atomic E-state index is 12.6. The highest BCUT2D eigenvalue weighted by molar-refractivity contribution is 5.94. The van der Waals surface area contributed by atoms with Crippen LogP contribution in [0.4, 0.5) is 0 Å². The molecule has 1 aromatic carbocycles. The number of para-hydroxylation sites is 2. The molecule has 0 aliphatic carbocycles. The van der Waals surface area contributed by atoms with E-state index < -0.39 is 0 Å². The Bertz CT molecular complexity index is 821. The van der Waals surface area contributed by atoms with Gasteiger partial charge in [-0.1, -0.05) is 18.2 Å². The molecule has 21 heavy (non-hydrogen) atoms. The van der Waals surface area contributed by atoms with E-state index in [1.54, 1.807) is 17.3 Å². The standard InChI is InChI=1S/C16H12N4O/c21-16(20-9-11-4-3-7-17-15(11)10-20)14-8-18-12-5-1-2-6-13(12)19-14/h1-8H,9-10H2. The van der Waals surface area contributed by atoms with Gasteiger partial charge < -0.3 is 4.90 Å². The Morgan fingerprint density at radius 1 is 1.00 bits per heavy atom. The fourth-order valence-electron chi connectivity index (χ4n) is 2.57. The van der Waals surface area contributed by atoms with Crippen molar-refractivity contribution >= 4 is 16.9 Å². The molecule has 5 nitrogen and oxygen atoms in total. The van der Waals surface area contributed by atoms with Gasteiger partial charge in [-0.15, -0.1) is 0 Å². The number of carbonyl (C=O) groups is 1. The van der Waals surface area contributed by atoms with Crippen molar-refractivity contribution in [2.24, 2.45) is 0 Å². The van der Waals surface area contributed by atoms with Gasteiger partial charge in [0.05, 0.1) is 29.5 Å². The molecule has 0 spiro atoms. The molecule has 0 saturated heterocycles. The summed E-state index contributed by atoms with van der Waals surface area (Å²) < 4.78 is 0. The van der Waals surface area contributed by atoms with E-state index in [1.165, 1.54) is 0 Å². The fourth-order valence-corrected chi connectivity index (χ4v) is 2.57. The van der Waals surface area contributed by atoms with Crippen molar-refractivity contribution in [3.63, 3.8) is 0 Å². The van der Waals surface area contributed by atoms with Crippen molar-refractivity contribution in [3.8, 4) is 0 Å². The van der Waals surface area contributed by atoms with E-state index in [0.29, 0.717) is 18.8 Å². The van der Waals surface area contributed by atoms with Crippen LogP contribution in [-0.2, 0) is 13.1 Å². The minimum atomic E-state index is -0.105. The predicted molar refractivity (Wildman–Crippen MR) is 77.4 cm³/mol. The zero-order valence-corrected chi connectivity index (χ0v) is 11.2. The topological polar surface area (TPSA) is 59.0 Å². The molecule has 0 bridgehead atoms. The number of amides is 1. The molecular formula is C16H12N4O. The van der Waals surface area contributed by atoms with E-state index in [-0.39, 0.29) is 5.91 Å². The molecule has 0 atom stereocenters. The summed E-state index contributed by atoms with van der Waals surface area (Å²) >= 11 is 0. The van der Waals surface area contributed by atoms with Crippen LogP contribution in [-0.4, -0.2) is 25.8 Å². The first kappa shape index (κ1) is 12.0. The van der Waals surface area contributed by atoms with Gasteiger partial charge >= 0.3 is 0 Å². The van der Waals surface area contributed by atoms with Crippen LogP contribution in [0.25, 0.3) is 11.0 Å². The molecule has 2 aromatic heterocycles. The number of pyridine rings is 1. The van der Waals surface area contributed by atoms with Gasteiger partial charge in [0.1, 0.15) is 5.69 Å². The summed E-state index contributed by atoms with van der Waals surface area (Å²) in [5.41, 5.74) is 3.96. The van der Waals surface area contributed by atoms with Gasteiger partial charge in [0.15, 0.2) is 0 Å². The van der Waals surface area contributed by atoms with E-state index in [2.05, 4.69) is 15.0 Å². The molecule has 0 fully saturated rings. The molecule has 0 unspecified atom stereocenters. The van der Waals surface area contributed by atoms with Crippen molar-refractivity contribution in [1.82, 2.24) is 19.9 Å². The Kier molecular flexibility index (Phi) is 2.64. The van der Waals surface area contributed by atoms with Crippen molar-refractivity contribution in [2.75, 3.05) is 0 Å². The first-order valence-electron chi connectivity index (χ1n) is 6.75. The smallest absolute Gasteiger partial charge is 0.274 e. The highest BCUT2D eigenvalue weighted by Gasteiger charge is 2.25.